The van der Waals surface area contributed by atoms with Crippen molar-refractivity contribution >= 4 is 6.09 Å². The molecule has 2 heterocycles. The average Bonchev–Trinajstić information content (AvgIpc) is 2.13. The minimum absolute atomic E-state index is 0.143. The molecule has 0 aromatic carbocycles. The number of hydrogen-bond acceptors (Lipinski definition) is 3. The van der Waals surface area contributed by atoms with E-state index in [1.807, 2.05) is 25.7 Å². The first-order chi connectivity index (χ1) is 7.97. The lowest BCUT2D eigenvalue weighted by Crippen LogP contribution is -2.60. The van der Waals surface area contributed by atoms with Crippen LogP contribution >= 0.6 is 0 Å². The summed E-state index contributed by atoms with van der Waals surface area (Å²) in [5, 5.41) is 3.41. The maximum absolute atomic E-state index is 12.1. The summed E-state index contributed by atoms with van der Waals surface area (Å²) in [6, 6.07) is 0.829. The lowest BCUT2D eigenvalue weighted by Gasteiger charge is -2.44. The maximum atomic E-state index is 12.1. The van der Waals surface area contributed by atoms with Crippen LogP contribution in [0.2, 0.25) is 0 Å². The molecule has 17 heavy (non-hydrogen) atoms. The van der Waals surface area contributed by atoms with Crippen molar-refractivity contribution in [3.8, 4) is 0 Å². The first kappa shape index (κ1) is 12.7. The van der Waals surface area contributed by atoms with Crippen molar-refractivity contribution in [3.05, 3.63) is 0 Å². The van der Waals surface area contributed by atoms with E-state index in [1.165, 1.54) is 12.8 Å². The van der Waals surface area contributed by atoms with E-state index in [-0.39, 0.29) is 6.09 Å². The lowest BCUT2D eigenvalue weighted by molar-refractivity contribution is 0.000709. The monoisotopic (exact) mass is 240 g/mol. The number of ether oxygens (including phenoxy) is 1. The summed E-state index contributed by atoms with van der Waals surface area (Å²) in [5.74, 6) is 0. The van der Waals surface area contributed by atoms with Gasteiger partial charge in [-0.25, -0.2) is 4.79 Å². The summed E-state index contributed by atoms with van der Waals surface area (Å²) in [6.45, 7) is 7.70. The molecule has 2 unspecified atom stereocenters. The third kappa shape index (κ3) is 3.12. The predicted molar refractivity (Wildman–Crippen MR) is 67.0 cm³/mol. The number of carbonyl (C=O) groups excluding carboxylic acids is 1. The summed E-state index contributed by atoms with van der Waals surface area (Å²) >= 11 is 0. The minimum Gasteiger partial charge on any atom is -0.444 e. The van der Waals surface area contributed by atoms with Gasteiger partial charge in [0.2, 0.25) is 0 Å². The predicted octanol–water partition coefficient (Wildman–Crippen LogP) is 2.14. The van der Waals surface area contributed by atoms with Crippen molar-refractivity contribution in [3.63, 3.8) is 0 Å². The van der Waals surface area contributed by atoms with E-state index in [4.69, 9.17) is 4.74 Å². The number of nitrogens with zero attached hydrogens (tertiary/aromatic N) is 1. The third-order valence-corrected chi connectivity index (χ3v) is 3.50. The number of carbonyl (C=O) groups is 1. The number of likely N-dealkylation sites (tertiary alicyclic amines) is 1. The van der Waals surface area contributed by atoms with Crippen LogP contribution in [0.4, 0.5) is 4.79 Å². The molecule has 2 atom stereocenters. The molecule has 1 amide bonds. The Balaban J connectivity index is 1.97. The molecule has 98 valence electrons. The van der Waals surface area contributed by atoms with E-state index in [0.29, 0.717) is 12.1 Å². The summed E-state index contributed by atoms with van der Waals surface area (Å²) in [6.07, 6.45) is 4.47. The van der Waals surface area contributed by atoms with Crippen LogP contribution in [0.1, 0.15) is 46.5 Å². The molecule has 0 radical (unpaired) electrons. The van der Waals surface area contributed by atoms with Gasteiger partial charge in [-0.05, 0) is 53.0 Å². The molecule has 2 fully saturated rings. The fraction of sp³-hybridized carbons (Fsp3) is 0.923. The summed E-state index contributed by atoms with van der Waals surface area (Å²) in [5.41, 5.74) is -0.397. The molecule has 4 heteroatoms. The standard InChI is InChI=1S/C13H24N2O2/c1-13(2,3)17-12(16)15-9-5-4-6-11(15)10-7-8-14-10/h10-11,14H,4-9H2,1-3H3. The molecule has 0 aliphatic carbocycles. The highest BCUT2D eigenvalue weighted by atomic mass is 16.6. The van der Waals surface area contributed by atoms with Crippen molar-refractivity contribution in [2.24, 2.45) is 0 Å². The van der Waals surface area contributed by atoms with Crippen LogP contribution in [0, 0.1) is 0 Å². The third-order valence-electron chi connectivity index (χ3n) is 3.50. The highest BCUT2D eigenvalue weighted by Crippen LogP contribution is 2.25. The number of piperidine rings is 1. The lowest BCUT2D eigenvalue weighted by atomic mass is 9.90. The Hall–Kier alpha value is -0.770. The second-order valence-corrected chi connectivity index (χ2v) is 6.09. The minimum atomic E-state index is -0.397. The van der Waals surface area contributed by atoms with Crippen molar-refractivity contribution in [1.82, 2.24) is 10.2 Å². The number of rotatable bonds is 1. The molecule has 1 N–H and O–H groups in total. The summed E-state index contributed by atoms with van der Waals surface area (Å²) < 4.78 is 5.49. The Morgan fingerprint density at radius 3 is 2.53 bits per heavy atom. The number of amides is 1. The van der Waals surface area contributed by atoms with Crippen molar-refractivity contribution < 1.29 is 9.53 Å². The second-order valence-electron chi connectivity index (χ2n) is 6.09. The molecule has 0 aromatic rings. The van der Waals surface area contributed by atoms with E-state index in [9.17, 15) is 4.79 Å². The first-order valence-electron chi connectivity index (χ1n) is 6.70. The Morgan fingerprint density at radius 2 is 2.00 bits per heavy atom. The van der Waals surface area contributed by atoms with Crippen molar-refractivity contribution in [2.45, 2.75) is 64.1 Å². The first-order valence-corrected chi connectivity index (χ1v) is 6.70. The molecule has 2 saturated heterocycles. The van der Waals surface area contributed by atoms with E-state index < -0.39 is 5.60 Å². The van der Waals surface area contributed by atoms with Gasteiger partial charge in [0.25, 0.3) is 0 Å². The van der Waals surface area contributed by atoms with Crippen LogP contribution < -0.4 is 5.32 Å². The molecule has 0 bridgehead atoms. The average molecular weight is 240 g/mol. The van der Waals surface area contributed by atoms with Gasteiger partial charge in [-0.15, -0.1) is 0 Å². The molecule has 0 saturated carbocycles. The van der Waals surface area contributed by atoms with Crippen molar-refractivity contribution in [1.29, 1.82) is 0 Å². The quantitative estimate of drug-likeness (QED) is 0.763. The van der Waals surface area contributed by atoms with Crippen LogP contribution in [0.25, 0.3) is 0 Å². The van der Waals surface area contributed by atoms with Gasteiger partial charge in [-0.1, -0.05) is 0 Å². The molecule has 0 aromatic heterocycles. The zero-order valence-electron chi connectivity index (χ0n) is 11.2. The van der Waals surface area contributed by atoms with Gasteiger partial charge < -0.3 is 15.0 Å². The normalized spacial score (nSPS) is 29.7. The molecule has 0 spiro atoms. The van der Waals surface area contributed by atoms with E-state index >= 15 is 0 Å². The Morgan fingerprint density at radius 1 is 1.29 bits per heavy atom. The van der Waals surface area contributed by atoms with Gasteiger partial charge in [0.15, 0.2) is 0 Å². The fourth-order valence-electron chi connectivity index (χ4n) is 2.56. The van der Waals surface area contributed by atoms with Gasteiger partial charge in [-0.2, -0.15) is 0 Å². The molecular weight excluding hydrogens is 216 g/mol. The van der Waals surface area contributed by atoms with Gasteiger partial charge in [0.1, 0.15) is 5.60 Å². The molecule has 2 rings (SSSR count). The Bertz CT molecular complexity index is 282. The van der Waals surface area contributed by atoms with Gasteiger partial charge in [0, 0.05) is 12.6 Å². The topological polar surface area (TPSA) is 41.6 Å². The molecule has 2 aliphatic rings. The summed E-state index contributed by atoms with van der Waals surface area (Å²) in [7, 11) is 0. The molecule has 4 nitrogen and oxygen atoms in total. The highest BCUT2D eigenvalue weighted by Gasteiger charge is 2.37. The molecule has 2 aliphatic heterocycles. The van der Waals surface area contributed by atoms with Gasteiger partial charge in [-0.3, -0.25) is 0 Å². The second kappa shape index (κ2) is 4.84. The van der Waals surface area contributed by atoms with Crippen LogP contribution in [-0.2, 0) is 4.74 Å². The van der Waals surface area contributed by atoms with Crippen molar-refractivity contribution in [2.75, 3.05) is 13.1 Å². The maximum Gasteiger partial charge on any atom is 0.410 e. The molecular formula is C13H24N2O2. The zero-order chi connectivity index (χ0) is 12.5. The van der Waals surface area contributed by atoms with Crippen LogP contribution in [0.15, 0.2) is 0 Å². The van der Waals surface area contributed by atoms with Crippen LogP contribution in [0.3, 0.4) is 0 Å². The van der Waals surface area contributed by atoms with Gasteiger partial charge in [0.05, 0.1) is 6.04 Å². The van der Waals surface area contributed by atoms with Crippen LogP contribution in [-0.4, -0.2) is 41.8 Å². The largest absolute Gasteiger partial charge is 0.444 e. The smallest absolute Gasteiger partial charge is 0.410 e. The summed E-state index contributed by atoms with van der Waals surface area (Å²) in [4.78, 5) is 14.1. The Kier molecular flexibility index (Phi) is 3.61. The number of nitrogens with one attached hydrogen (secondary N) is 1. The SMILES string of the molecule is CC(C)(C)OC(=O)N1CCCCC1C1CCN1. The number of hydrogen-bond donors (Lipinski definition) is 1. The Labute approximate surface area is 104 Å². The zero-order valence-corrected chi connectivity index (χ0v) is 11.2. The van der Waals surface area contributed by atoms with E-state index in [1.54, 1.807) is 0 Å². The highest BCUT2D eigenvalue weighted by molar-refractivity contribution is 5.68. The fourth-order valence-corrected chi connectivity index (χ4v) is 2.56. The van der Waals surface area contributed by atoms with Crippen LogP contribution in [0.5, 0.6) is 0 Å². The van der Waals surface area contributed by atoms with E-state index in [2.05, 4.69) is 5.32 Å². The van der Waals surface area contributed by atoms with E-state index in [0.717, 1.165) is 25.9 Å². The van der Waals surface area contributed by atoms with Gasteiger partial charge >= 0.3 is 6.09 Å².